The van der Waals surface area contributed by atoms with E-state index in [1.807, 2.05) is 0 Å². The van der Waals surface area contributed by atoms with Crippen molar-refractivity contribution in [3.63, 3.8) is 0 Å². The first-order chi connectivity index (χ1) is 27.1. The summed E-state index contributed by atoms with van der Waals surface area (Å²) in [4.78, 5) is 4.70. The molecule has 1 aliphatic rings. The molecule has 55 heavy (non-hydrogen) atoms. The highest BCUT2D eigenvalue weighted by molar-refractivity contribution is 6.09. The Morgan fingerprint density at radius 3 is 1.22 bits per heavy atom. The van der Waals surface area contributed by atoms with Gasteiger partial charge in [0.1, 0.15) is 0 Å². The molecule has 0 unspecified atom stereocenters. The molecule has 0 bridgehead atoms. The Kier molecular flexibility index (Phi) is 7.85. The second-order valence-electron chi connectivity index (χ2n) is 15.0. The minimum Gasteiger partial charge on any atom is -0.310 e. The smallest absolute Gasteiger partial charge is 0.0468 e. The lowest BCUT2D eigenvalue weighted by atomic mass is 9.77. The Hall–Kier alpha value is -6.90. The van der Waals surface area contributed by atoms with E-state index in [2.05, 4.69) is 230 Å². The van der Waals surface area contributed by atoms with E-state index in [1.54, 1.807) is 0 Å². The minimum atomic E-state index is -0.257. The van der Waals surface area contributed by atoms with Crippen LogP contribution >= 0.6 is 0 Å². The molecule has 2 nitrogen and oxygen atoms in total. The van der Waals surface area contributed by atoms with Crippen molar-refractivity contribution < 1.29 is 0 Å². The zero-order chi connectivity index (χ0) is 36.9. The SMILES string of the molecule is CC1(C)c2c(ccc3cc(N(c4ccccc4)c4ccccc4)ccc23)-c2c(-c3ccccc3)cc3cc(N(c4ccccc4)c4ccccc4)ccc3c21. The number of benzene rings is 9. The van der Waals surface area contributed by atoms with E-state index >= 15 is 0 Å². The normalized spacial score (nSPS) is 12.7. The van der Waals surface area contributed by atoms with Crippen LogP contribution in [-0.4, -0.2) is 0 Å². The topological polar surface area (TPSA) is 6.48 Å². The van der Waals surface area contributed by atoms with Crippen LogP contribution in [0.1, 0.15) is 25.0 Å². The molecule has 9 aromatic carbocycles. The van der Waals surface area contributed by atoms with Gasteiger partial charge in [-0.1, -0.05) is 141 Å². The summed E-state index contributed by atoms with van der Waals surface area (Å²) in [5.74, 6) is 0. The van der Waals surface area contributed by atoms with E-state index in [0.717, 1.165) is 34.1 Å². The Labute approximate surface area is 323 Å². The number of hydrogen-bond donors (Lipinski definition) is 0. The molecule has 0 saturated heterocycles. The van der Waals surface area contributed by atoms with E-state index in [9.17, 15) is 0 Å². The molecule has 0 atom stereocenters. The van der Waals surface area contributed by atoms with Gasteiger partial charge in [-0.25, -0.2) is 0 Å². The molecule has 2 heteroatoms. The van der Waals surface area contributed by atoms with Gasteiger partial charge >= 0.3 is 0 Å². The van der Waals surface area contributed by atoms with Gasteiger partial charge in [0.05, 0.1) is 0 Å². The van der Waals surface area contributed by atoms with Crippen molar-refractivity contribution in [3.8, 4) is 22.3 Å². The summed E-state index contributed by atoms with van der Waals surface area (Å²) in [6, 6.07) is 74.8. The molecule has 1 aliphatic carbocycles. The van der Waals surface area contributed by atoms with Crippen molar-refractivity contribution >= 4 is 55.7 Å². The molecule has 0 aromatic heterocycles. The Morgan fingerprint density at radius 1 is 0.327 bits per heavy atom. The van der Waals surface area contributed by atoms with Gasteiger partial charge in [0.2, 0.25) is 0 Å². The fourth-order valence-electron chi connectivity index (χ4n) is 8.97. The van der Waals surface area contributed by atoms with Gasteiger partial charge in [-0.15, -0.1) is 0 Å². The first-order valence-corrected chi connectivity index (χ1v) is 19.1. The predicted molar refractivity (Wildman–Crippen MR) is 234 cm³/mol. The second-order valence-corrected chi connectivity index (χ2v) is 15.0. The number of nitrogens with zero attached hydrogens (tertiary/aromatic N) is 2. The van der Waals surface area contributed by atoms with Crippen molar-refractivity contribution in [2.45, 2.75) is 19.3 Å². The molecule has 0 saturated carbocycles. The van der Waals surface area contributed by atoms with E-state index < -0.39 is 0 Å². The predicted octanol–water partition coefficient (Wildman–Crippen LogP) is 14.9. The lowest BCUT2D eigenvalue weighted by molar-refractivity contribution is 0.672. The first kappa shape index (κ1) is 32.7. The molecular weight excluding hydrogens is 665 g/mol. The summed E-state index contributed by atoms with van der Waals surface area (Å²) in [6.45, 7) is 4.85. The molecule has 0 fully saturated rings. The zero-order valence-corrected chi connectivity index (χ0v) is 31.0. The van der Waals surface area contributed by atoms with Crippen LogP contribution in [-0.2, 0) is 5.41 Å². The summed E-state index contributed by atoms with van der Waals surface area (Å²) >= 11 is 0. The molecule has 9 aromatic rings. The van der Waals surface area contributed by atoms with E-state index in [4.69, 9.17) is 0 Å². The first-order valence-electron chi connectivity index (χ1n) is 19.1. The number of rotatable bonds is 7. The monoisotopic (exact) mass is 704 g/mol. The average Bonchev–Trinajstić information content (AvgIpc) is 3.49. The Bertz CT molecular complexity index is 2730. The maximum atomic E-state index is 2.43. The Morgan fingerprint density at radius 2 is 0.745 bits per heavy atom. The number of anilines is 6. The standard InChI is InChI=1S/C53H40N2/c1-53(2)51-46-32-29-44(54(40-20-10-4-11-21-40)41-22-12-5-13-23-41)34-38(46)28-31-48(51)50-49(37-18-8-3-9-19-37)36-39-35-45(30-33-47(39)52(50)53)55(42-24-14-6-15-25-42)43-26-16-7-17-27-43/h3-36H,1-2H3. The molecule has 0 N–H and O–H groups in total. The molecule has 10 rings (SSSR count). The minimum absolute atomic E-state index is 0.257. The van der Waals surface area contributed by atoms with Crippen molar-refractivity contribution in [1.29, 1.82) is 0 Å². The highest BCUT2D eigenvalue weighted by atomic mass is 15.1. The Balaban J connectivity index is 1.18. The van der Waals surface area contributed by atoms with Crippen LogP contribution in [0.4, 0.5) is 34.1 Å². The fourth-order valence-corrected chi connectivity index (χ4v) is 8.97. The number of para-hydroxylation sites is 4. The van der Waals surface area contributed by atoms with E-state index in [1.165, 1.54) is 54.9 Å². The van der Waals surface area contributed by atoms with Crippen molar-refractivity contribution in [3.05, 3.63) is 217 Å². The summed E-state index contributed by atoms with van der Waals surface area (Å²) in [6.07, 6.45) is 0. The number of fused-ring (bicyclic) bond motifs is 7. The third-order valence-electron chi connectivity index (χ3n) is 11.3. The quantitative estimate of drug-likeness (QED) is 0.163. The van der Waals surface area contributed by atoms with E-state index in [-0.39, 0.29) is 5.41 Å². The van der Waals surface area contributed by atoms with Crippen LogP contribution in [0.5, 0.6) is 0 Å². The molecular formula is C53H40N2. The molecule has 0 aliphatic heterocycles. The van der Waals surface area contributed by atoms with Gasteiger partial charge in [-0.05, 0) is 134 Å². The summed E-state index contributed by atoms with van der Waals surface area (Å²) in [5.41, 5.74) is 14.5. The summed E-state index contributed by atoms with van der Waals surface area (Å²) in [7, 11) is 0. The van der Waals surface area contributed by atoms with E-state index in [0.29, 0.717) is 0 Å². The van der Waals surface area contributed by atoms with Crippen LogP contribution in [0.3, 0.4) is 0 Å². The van der Waals surface area contributed by atoms with Crippen molar-refractivity contribution in [1.82, 2.24) is 0 Å². The maximum Gasteiger partial charge on any atom is 0.0468 e. The maximum absolute atomic E-state index is 2.43. The van der Waals surface area contributed by atoms with Crippen LogP contribution < -0.4 is 9.80 Å². The highest BCUT2D eigenvalue weighted by Crippen LogP contribution is 2.57. The lowest BCUT2D eigenvalue weighted by Crippen LogP contribution is -2.16. The summed E-state index contributed by atoms with van der Waals surface area (Å²) in [5, 5.41) is 5.07. The van der Waals surface area contributed by atoms with Crippen molar-refractivity contribution in [2.24, 2.45) is 0 Å². The zero-order valence-electron chi connectivity index (χ0n) is 31.0. The average molecular weight is 705 g/mol. The third kappa shape index (κ3) is 5.49. The van der Waals surface area contributed by atoms with Crippen LogP contribution in [0, 0.1) is 0 Å². The lowest BCUT2D eigenvalue weighted by Gasteiger charge is -2.28. The molecule has 0 heterocycles. The second kappa shape index (κ2) is 13.2. The van der Waals surface area contributed by atoms with Gasteiger partial charge < -0.3 is 9.80 Å². The van der Waals surface area contributed by atoms with Crippen LogP contribution in [0.15, 0.2) is 206 Å². The van der Waals surface area contributed by atoms with Gasteiger partial charge in [-0.3, -0.25) is 0 Å². The van der Waals surface area contributed by atoms with Gasteiger partial charge in [0, 0.05) is 39.5 Å². The van der Waals surface area contributed by atoms with Gasteiger partial charge in [0.25, 0.3) is 0 Å². The fraction of sp³-hybridized carbons (Fsp3) is 0.0566. The number of hydrogen-bond acceptors (Lipinski definition) is 2. The van der Waals surface area contributed by atoms with Gasteiger partial charge in [-0.2, -0.15) is 0 Å². The molecule has 0 amide bonds. The largest absolute Gasteiger partial charge is 0.310 e. The summed E-state index contributed by atoms with van der Waals surface area (Å²) < 4.78 is 0. The molecule has 0 spiro atoms. The molecule has 0 radical (unpaired) electrons. The van der Waals surface area contributed by atoms with Gasteiger partial charge in [0.15, 0.2) is 0 Å². The molecule has 262 valence electrons. The van der Waals surface area contributed by atoms with Crippen LogP contribution in [0.2, 0.25) is 0 Å². The third-order valence-corrected chi connectivity index (χ3v) is 11.3. The van der Waals surface area contributed by atoms with Crippen LogP contribution in [0.25, 0.3) is 43.8 Å². The van der Waals surface area contributed by atoms with Crippen molar-refractivity contribution in [2.75, 3.05) is 9.80 Å². The highest BCUT2D eigenvalue weighted by Gasteiger charge is 2.40.